The van der Waals surface area contributed by atoms with Gasteiger partial charge in [-0.2, -0.15) is 0 Å². The molecule has 0 fully saturated rings. The zero-order valence-corrected chi connectivity index (χ0v) is 12.4. The molecule has 2 N–H and O–H groups in total. The van der Waals surface area contributed by atoms with Gasteiger partial charge in [-0.25, -0.2) is 0 Å². The summed E-state index contributed by atoms with van der Waals surface area (Å²) in [4.78, 5) is 4.22. The third kappa shape index (κ3) is 2.72. The van der Waals surface area contributed by atoms with Crippen LogP contribution in [0.3, 0.4) is 0 Å². The Bertz CT molecular complexity index is 635. The second-order valence-electron chi connectivity index (χ2n) is 5.49. The standard InChI is InChI=1S/C17H20N2O2/c1-11-8-18-9-12(2)17(11)13-3-4-16-15(7-13)19-10-14(21-16)5-6-20/h3-4,7-9,14,19-20H,5-6,10H2,1-2H3. The summed E-state index contributed by atoms with van der Waals surface area (Å²) in [5, 5.41) is 12.4. The first-order valence-electron chi connectivity index (χ1n) is 7.26. The van der Waals surface area contributed by atoms with Gasteiger partial charge in [0.05, 0.1) is 12.2 Å². The van der Waals surface area contributed by atoms with Gasteiger partial charge in [0, 0.05) is 25.4 Å². The quantitative estimate of drug-likeness (QED) is 0.910. The van der Waals surface area contributed by atoms with Crippen LogP contribution < -0.4 is 10.1 Å². The van der Waals surface area contributed by atoms with E-state index in [-0.39, 0.29) is 12.7 Å². The van der Waals surface area contributed by atoms with Crippen molar-refractivity contribution in [2.75, 3.05) is 18.5 Å². The van der Waals surface area contributed by atoms with E-state index in [1.54, 1.807) is 0 Å². The van der Waals surface area contributed by atoms with Crippen LogP contribution in [0.5, 0.6) is 5.75 Å². The molecule has 4 heteroatoms. The Morgan fingerprint density at radius 1 is 1.29 bits per heavy atom. The van der Waals surface area contributed by atoms with E-state index in [1.165, 1.54) is 22.3 Å². The smallest absolute Gasteiger partial charge is 0.142 e. The van der Waals surface area contributed by atoms with Crippen molar-refractivity contribution < 1.29 is 9.84 Å². The van der Waals surface area contributed by atoms with Crippen molar-refractivity contribution in [3.8, 4) is 16.9 Å². The van der Waals surface area contributed by atoms with E-state index >= 15 is 0 Å². The summed E-state index contributed by atoms with van der Waals surface area (Å²) in [7, 11) is 0. The Morgan fingerprint density at radius 2 is 2.05 bits per heavy atom. The Morgan fingerprint density at radius 3 is 2.76 bits per heavy atom. The average molecular weight is 284 g/mol. The zero-order valence-electron chi connectivity index (χ0n) is 12.4. The number of fused-ring (bicyclic) bond motifs is 1. The first-order valence-corrected chi connectivity index (χ1v) is 7.26. The van der Waals surface area contributed by atoms with Gasteiger partial charge < -0.3 is 15.2 Å². The number of hydrogen-bond acceptors (Lipinski definition) is 4. The summed E-state index contributed by atoms with van der Waals surface area (Å²) < 4.78 is 5.89. The lowest BCUT2D eigenvalue weighted by molar-refractivity contribution is 0.158. The van der Waals surface area contributed by atoms with Crippen LogP contribution in [0.2, 0.25) is 0 Å². The topological polar surface area (TPSA) is 54.4 Å². The first kappa shape index (κ1) is 13.9. The van der Waals surface area contributed by atoms with Crippen LogP contribution >= 0.6 is 0 Å². The Hall–Kier alpha value is -2.07. The van der Waals surface area contributed by atoms with Crippen molar-refractivity contribution in [2.24, 2.45) is 0 Å². The number of benzene rings is 1. The minimum Gasteiger partial charge on any atom is -0.486 e. The van der Waals surface area contributed by atoms with E-state index in [1.807, 2.05) is 18.5 Å². The summed E-state index contributed by atoms with van der Waals surface area (Å²) in [5.74, 6) is 0.854. The second kappa shape index (κ2) is 5.74. The van der Waals surface area contributed by atoms with E-state index in [9.17, 15) is 0 Å². The van der Waals surface area contributed by atoms with Crippen LogP contribution in [-0.4, -0.2) is 29.3 Å². The van der Waals surface area contributed by atoms with E-state index in [2.05, 4.69) is 36.3 Å². The number of nitrogens with zero attached hydrogens (tertiary/aromatic N) is 1. The number of aliphatic hydroxyl groups is 1. The maximum Gasteiger partial charge on any atom is 0.142 e. The highest BCUT2D eigenvalue weighted by Crippen LogP contribution is 2.35. The van der Waals surface area contributed by atoms with Crippen LogP contribution in [0.4, 0.5) is 5.69 Å². The Labute approximate surface area is 124 Å². The molecule has 1 atom stereocenters. The molecular formula is C17H20N2O2. The van der Waals surface area contributed by atoms with Gasteiger partial charge in [0.25, 0.3) is 0 Å². The van der Waals surface area contributed by atoms with Crippen molar-refractivity contribution >= 4 is 5.69 Å². The molecule has 1 aromatic carbocycles. The number of aryl methyl sites for hydroxylation is 2. The molecule has 3 rings (SSSR count). The minimum absolute atomic E-state index is 0.0396. The molecule has 0 spiro atoms. The van der Waals surface area contributed by atoms with Crippen LogP contribution in [0.1, 0.15) is 17.5 Å². The molecule has 0 bridgehead atoms. The molecule has 2 heterocycles. The lowest BCUT2D eigenvalue weighted by Gasteiger charge is -2.27. The predicted octanol–water partition coefficient (Wildman–Crippen LogP) is 2.92. The lowest BCUT2D eigenvalue weighted by atomic mass is 9.97. The van der Waals surface area contributed by atoms with E-state index in [0.717, 1.165) is 18.0 Å². The molecule has 2 aromatic rings. The van der Waals surface area contributed by atoms with E-state index in [4.69, 9.17) is 9.84 Å². The summed E-state index contributed by atoms with van der Waals surface area (Å²) in [6.45, 7) is 5.03. The molecular weight excluding hydrogens is 264 g/mol. The summed E-state index contributed by atoms with van der Waals surface area (Å²) in [6, 6.07) is 6.21. The average Bonchev–Trinajstić information content (AvgIpc) is 2.47. The van der Waals surface area contributed by atoms with Crippen LogP contribution in [0.25, 0.3) is 11.1 Å². The van der Waals surface area contributed by atoms with Gasteiger partial charge in [0.1, 0.15) is 11.9 Å². The van der Waals surface area contributed by atoms with E-state index < -0.39 is 0 Å². The maximum atomic E-state index is 9.01. The molecule has 4 nitrogen and oxygen atoms in total. The molecule has 21 heavy (non-hydrogen) atoms. The monoisotopic (exact) mass is 284 g/mol. The predicted molar refractivity (Wildman–Crippen MR) is 83.8 cm³/mol. The van der Waals surface area contributed by atoms with Crippen molar-refractivity contribution in [3.05, 3.63) is 41.7 Å². The summed E-state index contributed by atoms with van der Waals surface area (Å²) in [6.07, 6.45) is 4.47. The highest BCUT2D eigenvalue weighted by atomic mass is 16.5. The summed E-state index contributed by atoms with van der Waals surface area (Å²) >= 11 is 0. The normalized spacial score (nSPS) is 16.8. The number of pyridine rings is 1. The molecule has 1 unspecified atom stereocenters. The first-order chi connectivity index (χ1) is 10.2. The minimum atomic E-state index is 0.0396. The number of hydrogen-bond donors (Lipinski definition) is 2. The third-order valence-electron chi connectivity index (χ3n) is 3.86. The third-order valence-corrected chi connectivity index (χ3v) is 3.86. The van der Waals surface area contributed by atoms with Gasteiger partial charge >= 0.3 is 0 Å². The number of rotatable bonds is 3. The number of ether oxygens (including phenoxy) is 1. The largest absolute Gasteiger partial charge is 0.486 e. The maximum absolute atomic E-state index is 9.01. The fourth-order valence-corrected chi connectivity index (χ4v) is 2.83. The SMILES string of the molecule is Cc1cncc(C)c1-c1ccc2c(c1)NCC(CCO)O2. The molecule has 0 saturated carbocycles. The van der Waals surface area contributed by atoms with Gasteiger partial charge in [-0.15, -0.1) is 0 Å². The highest BCUT2D eigenvalue weighted by molar-refractivity contribution is 5.76. The Kier molecular flexibility index (Phi) is 3.80. The van der Waals surface area contributed by atoms with Gasteiger partial charge in [-0.3, -0.25) is 4.98 Å². The Balaban J connectivity index is 1.94. The number of nitrogens with one attached hydrogen (secondary N) is 1. The molecule has 0 radical (unpaired) electrons. The van der Waals surface area contributed by atoms with Crippen molar-refractivity contribution in [1.29, 1.82) is 0 Å². The molecule has 0 saturated heterocycles. The van der Waals surface area contributed by atoms with Crippen LogP contribution in [0, 0.1) is 13.8 Å². The highest BCUT2D eigenvalue weighted by Gasteiger charge is 2.19. The van der Waals surface area contributed by atoms with Gasteiger partial charge in [0.2, 0.25) is 0 Å². The zero-order chi connectivity index (χ0) is 14.8. The van der Waals surface area contributed by atoms with Crippen molar-refractivity contribution in [2.45, 2.75) is 26.4 Å². The van der Waals surface area contributed by atoms with Crippen molar-refractivity contribution in [3.63, 3.8) is 0 Å². The molecule has 1 aliphatic heterocycles. The molecule has 1 aliphatic rings. The number of aliphatic hydroxyl groups excluding tert-OH is 1. The number of aromatic nitrogens is 1. The molecule has 110 valence electrons. The van der Waals surface area contributed by atoms with Gasteiger partial charge in [0.15, 0.2) is 0 Å². The second-order valence-corrected chi connectivity index (χ2v) is 5.49. The molecule has 1 aromatic heterocycles. The molecule has 0 amide bonds. The fraction of sp³-hybridized carbons (Fsp3) is 0.353. The van der Waals surface area contributed by atoms with Gasteiger partial charge in [-0.05, 0) is 48.2 Å². The van der Waals surface area contributed by atoms with Gasteiger partial charge in [-0.1, -0.05) is 6.07 Å². The molecule has 0 aliphatic carbocycles. The van der Waals surface area contributed by atoms with Crippen LogP contribution in [-0.2, 0) is 0 Å². The van der Waals surface area contributed by atoms with Crippen molar-refractivity contribution in [1.82, 2.24) is 4.98 Å². The number of anilines is 1. The van der Waals surface area contributed by atoms with Crippen LogP contribution in [0.15, 0.2) is 30.6 Å². The summed E-state index contributed by atoms with van der Waals surface area (Å²) in [5.41, 5.74) is 5.75. The lowest BCUT2D eigenvalue weighted by Crippen LogP contribution is -2.31. The van der Waals surface area contributed by atoms with E-state index in [0.29, 0.717) is 6.42 Å². The fourth-order valence-electron chi connectivity index (χ4n) is 2.83.